The van der Waals surface area contributed by atoms with E-state index in [9.17, 15) is 4.79 Å². The molecule has 1 N–H and O–H groups in total. The van der Waals surface area contributed by atoms with Crippen LogP contribution in [-0.2, 0) is 11.3 Å². The first-order valence-electron chi connectivity index (χ1n) is 9.35. The maximum atomic E-state index is 12.2. The van der Waals surface area contributed by atoms with Crippen molar-refractivity contribution in [3.8, 4) is 5.69 Å². The number of nitrogens with zero attached hydrogens (tertiary/aromatic N) is 4. The molecule has 0 aliphatic carbocycles. The summed E-state index contributed by atoms with van der Waals surface area (Å²) in [7, 11) is 0. The van der Waals surface area contributed by atoms with Gasteiger partial charge in [0.25, 0.3) is 0 Å². The van der Waals surface area contributed by atoms with Gasteiger partial charge in [-0.25, -0.2) is 0 Å². The smallest absolute Gasteiger partial charge is 0.233 e. The largest absolute Gasteiger partial charge is 0.355 e. The molecule has 1 fully saturated rings. The lowest BCUT2D eigenvalue weighted by molar-refractivity contribution is -0.120. The Morgan fingerprint density at radius 1 is 1.23 bits per heavy atom. The van der Waals surface area contributed by atoms with Crippen LogP contribution in [0.5, 0.6) is 0 Å². The lowest BCUT2D eigenvalue weighted by Gasteiger charge is -2.17. The number of para-hydroxylation sites is 1. The standard InChI is InChI=1S/C19H27N5OS/c1-3-11-20-18(25)15(2)26-19-22-21-17(14-23-12-7-8-13-23)24(19)16-9-5-4-6-10-16/h4-6,9-10,15H,3,7-8,11-14H2,1-2H3,(H,20,25). The summed E-state index contributed by atoms with van der Waals surface area (Å²) in [6.45, 7) is 7.68. The third-order valence-corrected chi connectivity index (χ3v) is 5.52. The number of likely N-dealkylation sites (tertiary alicyclic amines) is 1. The van der Waals surface area contributed by atoms with Crippen LogP contribution in [0.15, 0.2) is 35.5 Å². The van der Waals surface area contributed by atoms with Gasteiger partial charge in [0.2, 0.25) is 5.91 Å². The fourth-order valence-corrected chi connectivity index (χ4v) is 3.97. The average Bonchev–Trinajstić information content (AvgIpc) is 3.31. The SMILES string of the molecule is CCCNC(=O)C(C)Sc1nnc(CN2CCCC2)n1-c1ccccc1. The van der Waals surface area contributed by atoms with Crippen LogP contribution in [-0.4, -0.2) is 50.5 Å². The lowest BCUT2D eigenvalue weighted by Crippen LogP contribution is -2.31. The van der Waals surface area contributed by atoms with E-state index in [-0.39, 0.29) is 11.2 Å². The maximum absolute atomic E-state index is 12.2. The molecular formula is C19H27N5OS. The van der Waals surface area contributed by atoms with E-state index in [4.69, 9.17) is 0 Å². The highest BCUT2D eigenvalue weighted by Gasteiger charge is 2.22. The van der Waals surface area contributed by atoms with Crippen molar-refractivity contribution in [1.29, 1.82) is 0 Å². The minimum Gasteiger partial charge on any atom is -0.355 e. The molecule has 1 atom stereocenters. The van der Waals surface area contributed by atoms with Crippen LogP contribution in [0.4, 0.5) is 0 Å². The van der Waals surface area contributed by atoms with Crippen LogP contribution < -0.4 is 5.32 Å². The van der Waals surface area contributed by atoms with Gasteiger partial charge in [-0.1, -0.05) is 36.9 Å². The summed E-state index contributed by atoms with van der Waals surface area (Å²) in [5, 5.41) is 12.4. The van der Waals surface area contributed by atoms with Crippen LogP contribution in [0.1, 0.15) is 38.9 Å². The zero-order valence-corrected chi connectivity index (χ0v) is 16.3. The third kappa shape index (κ3) is 4.65. The van der Waals surface area contributed by atoms with Gasteiger partial charge < -0.3 is 5.32 Å². The monoisotopic (exact) mass is 373 g/mol. The molecule has 1 unspecified atom stereocenters. The Morgan fingerprint density at radius 2 is 1.96 bits per heavy atom. The molecule has 1 aliphatic heterocycles. The van der Waals surface area contributed by atoms with E-state index >= 15 is 0 Å². The van der Waals surface area contributed by atoms with Crippen LogP contribution in [0.3, 0.4) is 0 Å². The zero-order valence-electron chi connectivity index (χ0n) is 15.5. The molecule has 2 aromatic rings. The summed E-state index contributed by atoms with van der Waals surface area (Å²) >= 11 is 1.46. The second kappa shape index (κ2) is 9.19. The molecule has 2 heterocycles. The number of aromatic nitrogens is 3. The van der Waals surface area contributed by atoms with Crippen LogP contribution >= 0.6 is 11.8 Å². The quantitative estimate of drug-likeness (QED) is 0.721. The van der Waals surface area contributed by atoms with E-state index in [0.29, 0.717) is 6.54 Å². The molecular weight excluding hydrogens is 346 g/mol. The molecule has 3 rings (SSSR count). The first-order valence-corrected chi connectivity index (χ1v) is 10.2. The molecule has 0 bridgehead atoms. The van der Waals surface area contributed by atoms with Crippen LogP contribution in [0.25, 0.3) is 5.69 Å². The van der Waals surface area contributed by atoms with Crippen molar-refractivity contribution in [2.24, 2.45) is 0 Å². The Morgan fingerprint density at radius 3 is 2.65 bits per heavy atom. The van der Waals surface area contributed by atoms with Crippen LogP contribution in [0, 0.1) is 0 Å². The first-order chi connectivity index (χ1) is 12.7. The van der Waals surface area contributed by atoms with Crippen molar-refractivity contribution in [3.05, 3.63) is 36.2 Å². The normalized spacial score (nSPS) is 15.9. The molecule has 1 amide bonds. The van der Waals surface area contributed by atoms with Gasteiger partial charge in [0.15, 0.2) is 11.0 Å². The number of hydrogen-bond donors (Lipinski definition) is 1. The van der Waals surface area contributed by atoms with Gasteiger partial charge in [-0.2, -0.15) is 0 Å². The summed E-state index contributed by atoms with van der Waals surface area (Å²) in [5.41, 5.74) is 1.04. The van der Waals surface area contributed by atoms with Crippen molar-refractivity contribution < 1.29 is 4.79 Å². The molecule has 1 saturated heterocycles. The Kier molecular flexibility index (Phi) is 6.68. The summed E-state index contributed by atoms with van der Waals surface area (Å²) < 4.78 is 2.09. The number of hydrogen-bond acceptors (Lipinski definition) is 5. The average molecular weight is 374 g/mol. The molecule has 7 heteroatoms. The molecule has 0 spiro atoms. The highest BCUT2D eigenvalue weighted by atomic mass is 32.2. The van der Waals surface area contributed by atoms with Gasteiger partial charge >= 0.3 is 0 Å². The van der Waals surface area contributed by atoms with E-state index in [0.717, 1.165) is 42.7 Å². The molecule has 0 radical (unpaired) electrons. The fourth-order valence-electron chi connectivity index (χ4n) is 3.06. The minimum atomic E-state index is -0.215. The number of thioether (sulfide) groups is 1. The maximum Gasteiger partial charge on any atom is 0.233 e. The molecule has 0 saturated carbocycles. The molecule has 1 aliphatic rings. The Labute approximate surface area is 159 Å². The zero-order chi connectivity index (χ0) is 18.4. The second-order valence-corrected chi connectivity index (χ2v) is 7.91. The van der Waals surface area contributed by atoms with E-state index in [1.165, 1.54) is 24.6 Å². The Balaban J connectivity index is 1.82. The van der Waals surface area contributed by atoms with Crippen LogP contribution in [0.2, 0.25) is 0 Å². The minimum absolute atomic E-state index is 0.0422. The van der Waals surface area contributed by atoms with E-state index in [1.807, 2.05) is 25.1 Å². The molecule has 26 heavy (non-hydrogen) atoms. The highest BCUT2D eigenvalue weighted by molar-refractivity contribution is 8.00. The first kappa shape index (κ1) is 18.9. The number of nitrogens with one attached hydrogen (secondary N) is 1. The Hall–Kier alpha value is -1.86. The topological polar surface area (TPSA) is 63.1 Å². The van der Waals surface area contributed by atoms with Gasteiger partial charge in [-0.15, -0.1) is 10.2 Å². The molecule has 140 valence electrons. The van der Waals surface area contributed by atoms with Crippen molar-refractivity contribution >= 4 is 17.7 Å². The Bertz CT molecular complexity index is 712. The number of carbonyl (C=O) groups is 1. The predicted molar refractivity (Wildman–Crippen MR) is 104 cm³/mol. The summed E-state index contributed by atoms with van der Waals surface area (Å²) in [4.78, 5) is 14.7. The molecule has 1 aromatic heterocycles. The van der Waals surface area contributed by atoms with Gasteiger partial charge in [-0.3, -0.25) is 14.3 Å². The van der Waals surface area contributed by atoms with E-state index in [1.54, 1.807) is 0 Å². The van der Waals surface area contributed by atoms with Crippen molar-refractivity contribution in [1.82, 2.24) is 25.0 Å². The fraction of sp³-hybridized carbons (Fsp3) is 0.526. The van der Waals surface area contributed by atoms with Gasteiger partial charge in [-0.05, 0) is 51.4 Å². The lowest BCUT2D eigenvalue weighted by atomic mass is 10.3. The number of amides is 1. The number of benzene rings is 1. The number of carbonyl (C=O) groups excluding carboxylic acids is 1. The van der Waals surface area contributed by atoms with Crippen molar-refractivity contribution in [3.63, 3.8) is 0 Å². The molecule has 1 aromatic carbocycles. The van der Waals surface area contributed by atoms with E-state index < -0.39 is 0 Å². The second-order valence-electron chi connectivity index (χ2n) is 6.60. The predicted octanol–water partition coefficient (Wildman–Crippen LogP) is 2.87. The highest BCUT2D eigenvalue weighted by Crippen LogP contribution is 2.26. The molecule has 6 nitrogen and oxygen atoms in total. The van der Waals surface area contributed by atoms with E-state index in [2.05, 4.69) is 44.0 Å². The van der Waals surface area contributed by atoms with Gasteiger partial charge in [0.05, 0.1) is 11.8 Å². The summed E-state index contributed by atoms with van der Waals surface area (Å²) in [6.07, 6.45) is 3.43. The van der Waals surface area contributed by atoms with Gasteiger partial charge in [0.1, 0.15) is 0 Å². The summed E-state index contributed by atoms with van der Waals surface area (Å²) in [5.74, 6) is 0.974. The van der Waals surface area contributed by atoms with Crippen molar-refractivity contribution in [2.75, 3.05) is 19.6 Å². The third-order valence-electron chi connectivity index (χ3n) is 4.48. The van der Waals surface area contributed by atoms with Crippen molar-refractivity contribution in [2.45, 2.75) is 50.1 Å². The number of rotatable bonds is 8. The summed E-state index contributed by atoms with van der Waals surface area (Å²) in [6, 6.07) is 10.1. The van der Waals surface area contributed by atoms with Gasteiger partial charge in [0, 0.05) is 12.2 Å².